The van der Waals surface area contributed by atoms with Crippen molar-refractivity contribution in [1.29, 1.82) is 0 Å². The van der Waals surface area contributed by atoms with Crippen molar-refractivity contribution >= 4 is 17.7 Å². The molecule has 0 aliphatic heterocycles. The normalized spacial score (nSPS) is 10.6. The number of thioether (sulfide) groups is 1. The lowest BCUT2D eigenvalue weighted by molar-refractivity contribution is -0.118. The molecule has 0 unspecified atom stereocenters. The Morgan fingerprint density at radius 3 is 3.00 bits per heavy atom. The molecule has 0 saturated carbocycles. The monoisotopic (exact) mass is 325 g/mol. The number of carbonyl (C=O) groups excluding carboxylic acids is 1. The van der Waals surface area contributed by atoms with Crippen LogP contribution in [0.1, 0.15) is 6.42 Å². The van der Waals surface area contributed by atoms with Crippen LogP contribution in [-0.2, 0) is 9.53 Å². The van der Waals surface area contributed by atoms with E-state index < -0.39 is 5.82 Å². The van der Waals surface area contributed by atoms with Crippen LogP contribution in [0.2, 0.25) is 0 Å². The van der Waals surface area contributed by atoms with Gasteiger partial charge < -0.3 is 14.5 Å². The topological polar surface area (TPSA) is 77.2 Å². The molecule has 8 heteroatoms. The van der Waals surface area contributed by atoms with Crippen LogP contribution in [0.15, 0.2) is 33.9 Å². The second-order valence-corrected chi connectivity index (χ2v) is 5.26. The fraction of sp³-hybridized carbons (Fsp3) is 0.357. The number of methoxy groups -OCH3 is 1. The van der Waals surface area contributed by atoms with Gasteiger partial charge in [-0.25, -0.2) is 4.39 Å². The second kappa shape index (κ2) is 8.50. The minimum Gasteiger partial charge on any atom is -0.411 e. The van der Waals surface area contributed by atoms with Crippen LogP contribution in [0, 0.1) is 5.82 Å². The Balaban J connectivity index is 1.83. The largest absolute Gasteiger partial charge is 0.411 e. The number of hydrogen-bond acceptors (Lipinski definition) is 6. The van der Waals surface area contributed by atoms with Gasteiger partial charge >= 0.3 is 0 Å². The Kier molecular flexibility index (Phi) is 6.35. The zero-order valence-electron chi connectivity index (χ0n) is 12.0. The van der Waals surface area contributed by atoms with Crippen LogP contribution in [0.4, 0.5) is 4.39 Å². The summed E-state index contributed by atoms with van der Waals surface area (Å²) in [6.07, 6.45) is 0.755. The number of ether oxygens (including phenoxy) is 1. The van der Waals surface area contributed by atoms with Crippen molar-refractivity contribution < 1.29 is 18.3 Å². The number of halogens is 1. The third kappa shape index (κ3) is 4.81. The van der Waals surface area contributed by atoms with E-state index in [1.807, 2.05) is 0 Å². The van der Waals surface area contributed by atoms with E-state index in [0.717, 1.165) is 18.2 Å². The van der Waals surface area contributed by atoms with E-state index in [1.165, 1.54) is 6.07 Å². The first-order valence-electron chi connectivity index (χ1n) is 6.67. The predicted octanol–water partition coefficient (Wildman–Crippen LogP) is 2.12. The van der Waals surface area contributed by atoms with E-state index in [1.54, 1.807) is 25.3 Å². The molecule has 0 aliphatic rings. The SMILES string of the molecule is COCCCNC(=O)CSc1nnc(-c2ccccc2F)o1. The van der Waals surface area contributed by atoms with Gasteiger partial charge in [-0.05, 0) is 18.6 Å². The van der Waals surface area contributed by atoms with Crippen LogP contribution < -0.4 is 5.32 Å². The van der Waals surface area contributed by atoms with Gasteiger partial charge in [0.15, 0.2) is 0 Å². The van der Waals surface area contributed by atoms with Crippen molar-refractivity contribution in [2.24, 2.45) is 0 Å². The zero-order chi connectivity index (χ0) is 15.8. The summed E-state index contributed by atoms with van der Waals surface area (Å²) in [5.41, 5.74) is 0.242. The van der Waals surface area contributed by atoms with Crippen molar-refractivity contribution in [1.82, 2.24) is 15.5 Å². The average molecular weight is 325 g/mol. The predicted molar refractivity (Wildman–Crippen MR) is 79.9 cm³/mol. The van der Waals surface area contributed by atoms with Gasteiger partial charge in [-0.1, -0.05) is 23.9 Å². The third-order valence-electron chi connectivity index (χ3n) is 2.68. The lowest BCUT2D eigenvalue weighted by atomic mass is 10.2. The molecule has 2 rings (SSSR count). The minimum atomic E-state index is -0.432. The molecule has 0 radical (unpaired) electrons. The van der Waals surface area contributed by atoms with Crippen LogP contribution in [0.3, 0.4) is 0 Å². The summed E-state index contributed by atoms with van der Waals surface area (Å²) in [6, 6.07) is 6.14. The number of nitrogens with zero attached hydrogens (tertiary/aromatic N) is 2. The van der Waals surface area contributed by atoms with Crippen LogP contribution in [0.25, 0.3) is 11.5 Å². The molecule has 0 bridgehead atoms. The molecule has 1 amide bonds. The van der Waals surface area contributed by atoms with Gasteiger partial charge in [0.1, 0.15) is 5.82 Å². The molecule has 0 spiro atoms. The summed E-state index contributed by atoms with van der Waals surface area (Å²) in [7, 11) is 1.61. The van der Waals surface area contributed by atoms with E-state index >= 15 is 0 Å². The van der Waals surface area contributed by atoms with E-state index in [9.17, 15) is 9.18 Å². The number of carbonyl (C=O) groups is 1. The summed E-state index contributed by atoms with van der Waals surface area (Å²) < 4.78 is 23.8. The van der Waals surface area contributed by atoms with Crippen LogP contribution >= 0.6 is 11.8 Å². The maximum absolute atomic E-state index is 13.6. The van der Waals surface area contributed by atoms with Crippen LogP contribution in [0.5, 0.6) is 0 Å². The fourth-order valence-corrected chi connectivity index (χ4v) is 2.23. The zero-order valence-corrected chi connectivity index (χ0v) is 12.9. The van der Waals surface area contributed by atoms with E-state index in [4.69, 9.17) is 9.15 Å². The highest BCUT2D eigenvalue weighted by atomic mass is 32.2. The van der Waals surface area contributed by atoms with Crippen molar-refractivity contribution in [2.45, 2.75) is 11.6 Å². The molecule has 22 heavy (non-hydrogen) atoms. The van der Waals surface area contributed by atoms with Gasteiger partial charge in [0.2, 0.25) is 5.91 Å². The maximum atomic E-state index is 13.6. The molecule has 1 N–H and O–H groups in total. The Hall–Kier alpha value is -1.93. The summed E-state index contributed by atoms with van der Waals surface area (Å²) >= 11 is 1.11. The first-order chi connectivity index (χ1) is 10.7. The van der Waals surface area contributed by atoms with Gasteiger partial charge in [-0.3, -0.25) is 4.79 Å². The Morgan fingerprint density at radius 1 is 1.41 bits per heavy atom. The second-order valence-electron chi connectivity index (χ2n) is 4.34. The highest BCUT2D eigenvalue weighted by Gasteiger charge is 2.13. The van der Waals surface area contributed by atoms with E-state index in [2.05, 4.69) is 15.5 Å². The highest BCUT2D eigenvalue weighted by molar-refractivity contribution is 7.99. The standard InChI is InChI=1S/C14H16FN3O3S/c1-20-8-4-7-16-12(19)9-22-14-18-17-13(21-14)10-5-2-3-6-11(10)15/h2-3,5-6H,4,7-9H2,1H3,(H,16,19). The molecule has 1 aromatic carbocycles. The molecular weight excluding hydrogens is 309 g/mol. The number of nitrogens with one attached hydrogen (secondary N) is 1. The smallest absolute Gasteiger partial charge is 0.277 e. The number of hydrogen-bond donors (Lipinski definition) is 1. The van der Waals surface area contributed by atoms with Gasteiger partial charge in [-0.15, -0.1) is 10.2 Å². The summed E-state index contributed by atoms with van der Waals surface area (Å²) in [5, 5.41) is 10.6. The fourth-order valence-electron chi connectivity index (χ4n) is 1.63. The lowest BCUT2D eigenvalue weighted by Gasteiger charge is -2.02. The molecule has 0 saturated heterocycles. The first kappa shape index (κ1) is 16.4. The molecule has 0 atom stereocenters. The Bertz CT molecular complexity index is 621. The van der Waals surface area contributed by atoms with Crippen molar-refractivity contribution in [3.63, 3.8) is 0 Å². The van der Waals surface area contributed by atoms with Gasteiger partial charge in [0.25, 0.3) is 11.1 Å². The summed E-state index contributed by atoms with van der Waals surface area (Å²) in [4.78, 5) is 11.6. The number of aromatic nitrogens is 2. The van der Waals surface area contributed by atoms with E-state index in [-0.39, 0.29) is 28.3 Å². The van der Waals surface area contributed by atoms with Crippen molar-refractivity contribution in [2.75, 3.05) is 26.0 Å². The quantitative estimate of drug-likeness (QED) is 0.592. The van der Waals surface area contributed by atoms with Crippen molar-refractivity contribution in [3.05, 3.63) is 30.1 Å². The minimum absolute atomic E-state index is 0.0982. The van der Waals surface area contributed by atoms with Gasteiger partial charge in [-0.2, -0.15) is 0 Å². The average Bonchev–Trinajstić information content (AvgIpc) is 2.99. The maximum Gasteiger partial charge on any atom is 0.277 e. The molecular formula is C14H16FN3O3S. The summed E-state index contributed by atoms with van der Waals surface area (Å²) in [6.45, 7) is 1.15. The first-order valence-corrected chi connectivity index (χ1v) is 7.66. The van der Waals surface area contributed by atoms with Crippen LogP contribution in [-0.4, -0.2) is 42.1 Å². The van der Waals surface area contributed by atoms with E-state index in [0.29, 0.717) is 13.2 Å². The number of amides is 1. The summed E-state index contributed by atoms with van der Waals surface area (Å²) in [5.74, 6) is -0.308. The third-order valence-corrected chi connectivity index (χ3v) is 3.50. The molecule has 6 nitrogen and oxygen atoms in total. The lowest BCUT2D eigenvalue weighted by Crippen LogP contribution is -2.26. The molecule has 0 fully saturated rings. The number of benzene rings is 1. The van der Waals surface area contributed by atoms with Gasteiger partial charge in [0.05, 0.1) is 11.3 Å². The molecule has 1 aromatic heterocycles. The molecule has 1 heterocycles. The van der Waals surface area contributed by atoms with Crippen molar-refractivity contribution in [3.8, 4) is 11.5 Å². The molecule has 118 valence electrons. The number of rotatable bonds is 8. The van der Waals surface area contributed by atoms with Gasteiger partial charge in [0, 0.05) is 20.3 Å². The molecule has 0 aliphatic carbocycles. The highest BCUT2D eigenvalue weighted by Crippen LogP contribution is 2.24. The molecule has 2 aromatic rings. The Labute approximate surface area is 131 Å². The Morgan fingerprint density at radius 2 is 2.23 bits per heavy atom.